The van der Waals surface area contributed by atoms with Gasteiger partial charge in [0, 0.05) is 23.0 Å². The van der Waals surface area contributed by atoms with Gasteiger partial charge in [0.2, 0.25) is 5.91 Å². The van der Waals surface area contributed by atoms with E-state index in [0.29, 0.717) is 24.0 Å². The van der Waals surface area contributed by atoms with Gasteiger partial charge in [0.25, 0.3) is 5.78 Å². The molecule has 8 heteroatoms. The van der Waals surface area contributed by atoms with Crippen LogP contribution < -0.4 is 5.32 Å². The standard InChI is InChI=1S/C26H25N7O/c1-17-9-7-8-12-21(17)22-14-24(32(30-22)16-20-10-5-4-6-11-20)29-25(34)15-23-28-26-27-18(2)13-19(3)33(26)31-23/h4-14H,15-16H2,1-3H3,(H,29,34). The van der Waals surface area contributed by atoms with Crippen LogP contribution in [-0.4, -0.2) is 35.3 Å². The molecule has 0 spiro atoms. The van der Waals surface area contributed by atoms with Gasteiger partial charge in [0.05, 0.1) is 18.7 Å². The average Bonchev–Trinajstić information content (AvgIpc) is 3.38. The maximum Gasteiger partial charge on any atom is 0.252 e. The Hall–Kier alpha value is -4.33. The molecule has 1 N–H and O–H groups in total. The van der Waals surface area contributed by atoms with E-state index in [0.717, 1.165) is 33.8 Å². The number of nitrogens with zero attached hydrogens (tertiary/aromatic N) is 6. The van der Waals surface area contributed by atoms with Gasteiger partial charge in [-0.25, -0.2) is 14.2 Å². The van der Waals surface area contributed by atoms with Crippen LogP contribution in [0.1, 0.15) is 28.3 Å². The number of carbonyl (C=O) groups excluding carboxylic acids is 1. The van der Waals surface area contributed by atoms with E-state index in [2.05, 4.69) is 33.4 Å². The highest BCUT2D eigenvalue weighted by Gasteiger charge is 2.16. The number of carbonyl (C=O) groups is 1. The lowest BCUT2D eigenvalue weighted by molar-refractivity contribution is -0.115. The van der Waals surface area contributed by atoms with Gasteiger partial charge in [-0.3, -0.25) is 4.79 Å². The highest BCUT2D eigenvalue weighted by Crippen LogP contribution is 2.25. The Kier molecular flexibility index (Phi) is 5.63. The van der Waals surface area contributed by atoms with E-state index in [1.54, 1.807) is 4.52 Å². The summed E-state index contributed by atoms with van der Waals surface area (Å²) >= 11 is 0. The summed E-state index contributed by atoms with van der Waals surface area (Å²) < 4.78 is 3.48. The molecule has 2 aromatic carbocycles. The molecule has 5 aromatic rings. The number of hydrogen-bond donors (Lipinski definition) is 1. The molecule has 170 valence electrons. The number of rotatable bonds is 6. The Morgan fingerprint density at radius 1 is 0.912 bits per heavy atom. The fourth-order valence-corrected chi connectivity index (χ4v) is 4.00. The van der Waals surface area contributed by atoms with Gasteiger partial charge >= 0.3 is 0 Å². The molecule has 3 aromatic heterocycles. The second-order valence-electron chi connectivity index (χ2n) is 8.38. The normalized spacial score (nSPS) is 11.1. The van der Waals surface area contributed by atoms with Crippen LogP contribution in [0.25, 0.3) is 17.0 Å². The quantitative estimate of drug-likeness (QED) is 0.419. The molecular weight excluding hydrogens is 426 g/mol. The van der Waals surface area contributed by atoms with Crippen molar-refractivity contribution in [2.45, 2.75) is 33.7 Å². The summed E-state index contributed by atoms with van der Waals surface area (Å²) in [5, 5.41) is 12.3. The molecule has 0 aliphatic rings. The molecule has 0 atom stereocenters. The predicted molar refractivity (Wildman–Crippen MR) is 131 cm³/mol. The SMILES string of the molecule is Cc1cc(C)n2nc(CC(=O)Nc3cc(-c4ccccc4C)nn3Cc3ccccc3)nc2n1. The summed E-state index contributed by atoms with van der Waals surface area (Å²) in [5.74, 6) is 1.33. The topological polar surface area (TPSA) is 90.0 Å². The van der Waals surface area contributed by atoms with Gasteiger partial charge in [-0.05, 0) is 38.0 Å². The summed E-state index contributed by atoms with van der Waals surface area (Å²) in [5.41, 5.74) is 5.84. The lowest BCUT2D eigenvalue weighted by Gasteiger charge is -2.08. The molecule has 0 fully saturated rings. The van der Waals surface area contributed by atoms with Crippen molar-refractivity contribution in [2.24, 2.45) is 0 Å². The van der Waals surface area contributed by atoms with Crippen LogP contribution in [0.3, 0.4) is 0 Å². The molecule has 0 saturated carbocycles. The Bertz CT molecular complexity index is 1480. The second-order valence-corrected chi connectivity index (χ2v) is 8.38. The maximum absolute atomic E-state index is 13.0. The van der Waals surface area contributed by atoms with Crippen LogP contribution >= 0.6 is 0 Å². The van der Waals surface area contributed by atoms with E-state index in [9.17, 15) is 4.79 Å². The van der Waals surface area contributed by atoms with Crippen molar-refractivity contribution in [3.05, 3.63) is 95.1 Å². The number of amides is 1. The molecule has 0 unspecified atom stereocenters. The summed E-state index contributed by atoms with van der Waals surface area (Å²) in [6.45, 7) is 6.44. The van der Waals surface area contributed by atoms with Crippen molar-refractivity contribution >= 4 is 17.5 Å². The minimum absolute atomic E-state index is 0.0397. The first-order valence-corrected chi connectivity index (χ1v) is 11.1. The van der Waals surface area contributed by atoms with Gasteiger partial charge in [0.1, 0.15) is 5.82 Å². The zero-order valence-corrected chi connectivity index (χ0v) is 19.4. The fraction of sp³-hybridized carbons (Fsp3) is 0.192. The maximum atomic E-state index is 13.0. The van der Waals surface area contributed by atoms with Crippen LogP contribution in [0.4, 0.5) is 5.82 Å². The van der Waals surface area contributed by atoms with Crippen molar-refractivity contribution in [1.82, 2.24) is 29.4 Å². The summed E-state index contributed by atoms with van der Waals surface area (Å²) in [6, 6.07) is 22.0. The minimum atomic E-state index is -0.212. The number of benzene rings is 2. The largest absolute Gasteiger partial charge is 0.310 e. The first kappa shape index (κ1) is 21.5. The third kappa shape index (κ3) is 4.43. The number of nitrogens with one attached hydrogen (secondary N) is 1. The van der Waals surface area contributed by atoms with Crippen molar-refractivity contribution in [3.63, 3.8) is 0 Å². The van der Waals surface area contributed by atoms with Crippen LogP contribution in [0.2, 0.25) is 0 Å². The minimum Gasteiger partial charge on any atom is -0.310 e. The summed E-state index contributed by atoms with van der Waals surface area (Å²) in [6.07, 6.45) is 0.0397. The Labute approximate surface area is 197 Å². The van der Waals surface area contributed by atoms with E-state index in [1.807, 2.05) is 79.2 Å². The van der Waals surface area contributed by atoms with E-state index in [1.165, 1.54) is 0 Å². The highest BCUT2D eigenvalue weighted by atomic mass is 16.1. The molecule has 3 heterocycles. The number of aryl methyl sites for hydroxylation is 3. The molecule has 0 aliphatic carbocycles. The molecule has 8 nitrogen and oxygen atoms in total. The lowest BCUT2D eigenvalue weighted by Crippen LogP contribution is -2.18. The van der Waals surface area contributed by atoms with Crippen LogP contribution in [0, 0.1) is 20.8 Å². The molecule has 5 rings (SSSR count). The molecule has 0 aliphatic heterocycles. The molecule has 0 saturated heterocycles. The zero-order valence-electron chi connectivity index (χ0n) is 19.4. The van der Waals surface area contributed by atoms with Crippen molar-refractivity contribution < 1.29 is 4.79 Å². The first-order chi connectivity index (χ1) is 16.5. The van der Waals surface area contributed by atoms with Gasteiger partial charge in [-0.1, -0.05) is 54.6 Å². The monoisotopic (exact) mass is 451 g/mol. The first-order valence-electron chi connectivity index (χ1n) is 11.1. The fourth-order valence-electron chi connectivity index (χ4n) is 4.00. The van der Waals surface area contributed by atoms with Gasteiger partial charge in [-0.15, -0.1) is 5.10 Å². The Morgan fingerprint density at radius 2 is 1.68 bits per heavy atom. The van der Waals surface area contributed by atoms with E-state index in [-0.39, 0.29) is 12.3 Å². The molecule has 0 radical (unpaired) electrons. The zero-order chi connectivity index (χ0) is 23.7. The molecular formula is C26H25N7O. The summed E-state index contributed by atoms with van der Waals surface area (Å²) in [7, 11) is 0. The van der Waals surface area contributed by atoms with E-state index >= 15 is 0 Å². The van der Waals surface area contributed by atoms with Gasteiger partial charge in [0.15, 0.2) is 5.82 Å². The second kappa shape index (κ2) is 8.90. The third-order valence-corrected chi connectivity index (χ3v) is 5.62. The van der Waals surface area contributed by atoms with Crippen molar-refractivity contribution in [3.8, 4) is 11.3 Å². The molecule has 0 bridgehead atoms. The third-order valence-electron chi connectivity index (χ3n) is 5.62. The average molecular weight is 452 g/mol. The van der Waals surface area contributed by atoms with Crippen LogP contribution in [-0.2, 0) is 17.8 Å². The van der Waals surface area contributed by atoms with Crippen LogP contribution in [0.5, 0.6) is 0 Å². The molecule has 1 amide bonds. The number of fused-ring (bicyclic) bond motifs is 1. The number of hydrogen-bond acceptors (Lipinski definition) is 5. The summed E-state index contributed by atoms with van der Waals surface area (Å²) in [4.78, 5) is 21.8. The number of aromatic nitrogens is 6. The highest BCUT2D eigenvalue weighted by molar-refractivity contribution is 5.91. The number of anilines is 1. The van der Waals surface area contributed by atoms with E-state index < -0.39 is 0 Å². The van der Waals surface area contributed by atoms with Gasteiger partial charge in [-0.2, -0.15) is 10.1 Å². The Balaban J connectivity index is 1.43. The van der Waals surface area contributed by atoms with Gasteiger partial charge < -0.3 is 5.32 Å². The Morgan fingerprint density at radius 3 is 2.47 bits per heavy atom. The van der Waals surface area contributed by atoms with Crippen molar-refractivity contribution in [2.75, 3.05) is 5.32 Å². The lowest BCUT2D eigenvalue weighted by atomic mass is 10.1. The van der Waals surface area contributed by atoms with Crippen LogP contribution in [0.15, 0.2) is 66.7 Å². The molecule has 34 heavy (non-hydrogen) atoms. The van der Waals surface area contributed by atoms with E-state index in [4.69, 9.17) is 5.10 Å². The van der Waals surface area contributed by atoms with Crippen molar-refractivity contribution in [1.29, 1.82) is 0 Å². The smallest absolute Gasteiger partial charge is 0.252 e. The predicted octanol–water partition coefficient (Wildman–Crippen LogP) is 4.14.